The van der Waals surface area contributed by atoms with E-state index in [1.807, 2.05) is 6.07 Å². The Hall–Kier alpha value is -1.14. The third-order valence-electron chi connectivity index (χ3n) is 1.68. The Morgan fingerprint density at radius 1 is 1.43 bits per heavy atom. The Balaban J connectivity index is 2.30. The molecule has 1 N–H and O–H groups in total. The normalized spacial score (nSPS) is 10.4. The lowest BCUT2D eigenvalue weighted by molar-refractivity contribution is -0.113. The van der Waals surface area contributed by atoms with Gasteiger partial charge in [-0.15, -0.1) is 0 Å². The van der Waals surface area contributed by atoms with E-state index in [9.17, 15) is 4.79 Å². The molecule has 4 nitrogen and oxygen atoms in total. The SMILES string of the molecule is O=C(CS)Nc1ccc2nsnc2c1. The molecule has 0 spiro atoms. The second kappa shape index (κ2) is 3.93. The zero-order chi connectivity index (χ0) is 9.97. The van der Waals surface area contributed by atoms with Gasteiger partial charge in [-0.05, 0) is 18.2 Å². The van der Waals surface area contributed by atoms with Crippen LogP contribution in [0.5, 0.6) is 0 Å². The molecule has 0 saturated carbocycles. The van der Waals surface area contributed by atoms with Crippen molar-refractivity contribution in [1.29, 1.82) is 0 Å². The van der Waals surface area contributed by atoms with Crippen LogP contribution in [0.15, 0.2) is 18.2 Å². The standard InChI is InChI=1S/C8H7N3OS2/c12-8(4-13)9-5-1-2-6-7(3-5)11-14-10-6/h1-3,13H,4H2,(H,9,12). The highest BCUT2D eigenvalue weighted by Crippen LogP contribution is 2.16. The molecule has 0 unspecified atom stereocenters. The van der Waals surface area contributed by atoms with Crippen LogP contribution in [0, 0.1) is 0 Å². The van der Waals surface area contributed by atoms with Gasteiger partial charge in [0.15, 0.2) is 0 Å². The number of benzene rings is 1. The number of fused-ring (bicyclic) bond motifs is 1. The van der Waals surface area contributed by atoms with Crippen LogP contribution in [-0.2, 0) is 4.79 Å². The van der Waals surface area contributed by atoms with Gasteiger partial charge in [0.1, 0.15) is 11.0 Å². The zero-order valence-corrected chi connectivity index (χ0v) is 8.81. The molecule has 0 bridgehead atoms. The van der Waals surface area contributed by atoms with E-state index in [2.05, 4.69) is 26.7 Å². The summed E-state index contributed by atoms with van der Waals surface area (Å²) in [4.78, 5) is 11.0. The van der Waals surface area contributed by atoms with Crippen molar-refractivity contribution in [2.75, 3.05) is 11.1 Å². The maximum atomic E-state index is 11.0. The van der Waals surface area contributed by atoms with Gasteiger partial charge in [-0.3, -0.25) is 4.79 Å². The van der Waals surface area contributed by atoms with Crippen LogP contribution in [0.1, 0.15) is 0 Å². The number of rotatable bonds is 2. The third kappa shape index (κ3) is 1.85. The summed E-state index contributed by atoms with van der Waals surface area (Å²) in [6, 6.07) is 5.41. The van der Waals surface area contributed by atoms with Gasteiger partial charge >= 0.3 is 0 Å². The highest BCUT2D eigenvalue weighted by molar-refractivity contribution is 7.81. The Morgan fingerprint density at radius 3 is 3.00 bits per heavy atom. The second-order valence-corrected chi connectivity index (χ2v) is 3.52. The lowest BCUT2D eigenvalue weighted by Gasteiger charge is -2.01. The molecule has 0 aliphatic rings. The minimum atomic E-state index is -0.129. The van der Waals surface area contributed by atoms with Crippen LogP contribution in [0.4, 0.5) is 5.69 Å². The van der Waals surface area contributed by atoms with Crippen LogP contribution in [0.2, 0.25) is 0 Å². The molecular formula is C8H7N3OS2. The number of carbonyl (C=O) groups is 1. The highest BCUT2D eigenvalue weighted by Gasteiger charge is 2.02. The molecule has 0 saturated heterocycles. The first kappa shape index (κ1) is 9.42. The smallest absolute Gasteiger partial charge is 0.234 e. The Labute approximate surface area is 90.1 Å². The number of nitrogens with zero attached hydrogens (tertiary/aromatic N) is 2. The summed E-state index contributed by atoms with van der Waals surface area (Å²) in [5.74, 6) is 0.0451. The number of nitrogens with one attached hydrogen (secondary N) is 1. The van der Waals surface area contributed by atoms with E-state index in [4.69, 9.17) is 0 Å². The largest absolute Gasteiger partial charge is 0.325 e. The summed E-state index contributed by atoms with van der Waals surface area (Å²) >= 11 is 5.03. The number of amides is 1. The molecule has 1 aromatic carbocycles. The van der Waals surface area contributed by atoms with Crippen molar-refractivity contribution in [3.8, 4) is 0 Å². The van der Waals surface area contributed by atoms with Crippen molar-refractivity contribution in [2.45, 2.75) is 0 Å². The van der Waals surface area contributed by atoms with E-state index >= 15 is 0 Å². The average Bonchev–Trinajstić information content (AvgIpc) is 2.64. The van der Waals surface area contributed by atoms with E-state index < -0.39 is 0 Å². The molecule has 0 atom stereocenters. The topological polar surface area (TPSA) is 54.9 Å². The van der Waals surface area contributed by atoms with Gasteiger partial charge < -0.3 is 5.32 Å². The predicted octanol–water partition coefficient (Wildman–Crippen LogP) is 1.56. The van der Waals surface area contributed by atoms with Crippen LogP contribution >= 0.6 is 24.4 Å². The van der Waals surface area contributed by atoms with Gasteiger partial charge in [0.25, 0.3) is 0 Å². The van der Waals surface area contributed by atoms with E-state index in [1.54, 1.807) is 12.1 Å². The number of aromatic nitrogens is 2. The van der Waals surface area contributed by atoms with Crippen LogP contribution in [-0.4, -0.2) is 20.4 Å². The first-order valence-electron chi connectivity index (χ1n) is 3.92. The van der Waals surface area contributed by atoms with E-state index in [0.29, 0.717) is 0 Å². The fraction of sp³-hybridized carbons (Fsp3) is 0.125. The molecule has 2 aromatic rings. The van der Waals surface area contributed by atoms with Crippen molar-refractivity contribution >= 4 is 47.0 Å². The molecule has 2 rings (SSSR count). The van der Waals surface area contributed by atoms with Crippen molar-refractivity contribution < 1.29 is 4.79 Å². The lowest BCUT2D eigenvalue weighted by Crippen LogP contribution is -2.12. The minimum absolute atomic E-state index is 0.129. The molecule has 1 heterocycles. The van der Waals surface area contributed by atoms with Crippen LogP contribution in [0.3, 0.4) is 0 Å². The third-order valence-corrected chi connectivity index (χ3v) is 2.53. The van der Waals surface area contributed by atoms with Gasteiger partial charge in [-0.1, -0.05) is 0 Å². The Kier molecular flexibility index (Phi) is 2.64. The fourth-order valence-electron chi connectivity index (χ4n) is 1.06. The van der Waals surface area contributed by atoms with Crippen LogP contribution in [0.25, 0.3) is 11.0 Å². The van der Waals surface area contributed by atoms with Crippen molar-refractivity contribution in [3.05, 3.63) is 18.2 Å². The molecule has 0 aliphatic carbocycles. The Morgan fingerprint density at radius 2 is 2.21 bits per heavy atom. The van der Waals surface area contributed by atoms with Crippen molar-refractivity contribution in [3.63, 3.8) is 0 Å². The summed E-state index contributed by atoms with van der Waals surface area (Å²) in [6.07, 6.45) is 0. The van der Waals surface area contributed by atoms with Crippen LogP contribution < -0.4 is 5.32 Å². The molecular weight excluding hydrogens is 218 g/mol. The number of anilines is 1. The highest BCUT2D eigenvalue weighted by atomic mass is 32.1. The lowest BCUT2D eigenvalue weighted by atomic mass is 10.3. The molecule has 1 amide bonds. The van der Waals surface area contributed by atoms with Gasteiger partial charge in [-0.25, -0.2) is 0 Å². The summed E-state index contributed by atoms with van der Waals surface area (Å²) in [7, 11) is 0. The number of hydrogen-bond donors (Lipinski definition) is 2. The molecule has 72 valence electrons. The van der Waals surface area contributed by atoms with Gasteiger partial charge in [0.2, 0.25) is 5.91 Å². The van der Waals surface area contributed by atoms with E-state index in [1.165, 1.54) is 0 Å². The van der Waals surface area contributed by atoms with E-state index in [-0.39, 0.29) is 11.7 Å². The summed E-state index contributed by atoms with van der Waals surface area (Å²) in [5, 5.41) is 2.70. The van der Waals surface area contributed by atoms with Gasteiger partial charge in [0, 0.05) is 5.69 Å². The monoisotopic (exact) mass is 225 g/mol. The molecule has 6 heteroatoms. The minimum Gasteiger partial charge on any atom is -0.325 e. The summed E-state index contributed by atoms with van der Waals surface area (Å²) < 4.78 is 8.13. The number of thiol groups is 1. The quantitative estimate of drug-likeness (QED) is 0.763. The average molecular weight is 225 g/mol. The maximum Gasteiger partial charge on any atom is 0.234 e. The molecule has 0 aliphatic heterocycles. The maximum absolute atomic E-state index is 11.0. The second-order valence-electron chi connectivity index (χ2n) is 2.67. The van der Waals surface area contributed by atoms with Gasteiger partial charge in [-0.2, -0.15) is 21.4 Å². The van der Waals surface area contributed by atoms with Crippen molar-refractivity contribution in [1.82, 2.24) is 8.75 Å². The number of hydrogen-bond acceptors (Lipinski definition) is 5. The first-order valence-corrected chi connectivity index (χ1v) is 5.29. The van der Waals surface area contributed by atoms with E-state index in [0.717, 1.165) is 28.4 Å². The summed E-state index contributed by atoms with van der Waals surface area (Å²) in [5.41, 5.74) is 2.37. The fourth-order valence-corrected chi connectivity index (χ4v) is 1.66. The van der Waals surface area contributed by atoms with Gasteiger partial charge in [0.05, 0.1) is 17.5 Å². The number of carbonyl (C=O) groups excluding carboxylic acids is 1. The Bertz CT molecular complexity index is 468. The molecule has 0 fully saturated rings. The summed E-state index contributed by atoms with van der Waals surface area (Å²) in [6.45, 7) is 0. The molecule has 14 heavy (non-hydrogen) atoms. The molecule has 1 aromatic heterocycles. The zero-order valence-electron chi connectivity index (χ0n) is 7.10. The predicted molar refractivity (Wildman–Crippen MR) is 59.9 cm³/mol. The van der Waals surface area contributed by atoms with Crippen molar-refractivity contribution in [2.24, 2.45) is 0 Å². The first-order chi connectivity index (χ1) is 6.79. The molecule has 0 radical (unpaired) electrons.